The van der Waals surface area contributed by atoms with Crippen LogP contribution in [0, 0.1) is 11.6 Å². The van der Waals surface area contributed by atoms with Crippen LogP contribution in [0.3, 0.4) is 0 Å². The second kappa shape index (κ2) is 6.06. The smallest absolute Gasteiger partial charge is 0.159 e. The molecule has 0 radical (unpaired) electrons. The molecule has 0 spiro atoms. The van der Waals surface area contributed by atoms with Crippen LogP contribution in [0.4, 0.5) is 8.78 Å². The quantitative estimate of drug-likeness (QED) is 0.515. The van der Waals surface area contributed by atoms with Crippen molar-refractivity contribution < 1.29 is 8.78 Å². The number of nitrogens with two attached hydrogens (primary N) is 1. The fourth-order valence-electron chi connectivity index (χ4n) is 1.77. The first-order chi connectivity index (χ1) is 9.10. The standard InChI is InChI=1S/C13H12ClF2N3/c14-13-4-2-9(7-18-13)12(19-17)6-8-1-3-10(15)11(16)5-8/h1-5,7,12,19H,6,17H2. The Morgan fingerprint density at radius 2 is 2.00 bits per heavy atom. The van der Waals surface area contributed by atoms with Crippen LogP contribution in [0.1, 0.15) is 17.2 Å². The first-order valence-corrected chi connectivity index (χ1v) is 5.99. The number of aromatic nitrogens is 1. The van der Waals surface area contributed by atoms with Gasteiger partial charge in [-0.2, -0.15) is 0 Å². The first kappa shape index (κ1) is 13.9. The topological polar surface area (TPSA) is 50.9 Å². The van der Waals surface area contributed by atoms with Crippen molar-refractivity contribution >= 4 is 11.6 Å². The van der Waals surface area contributed by atoms with E-state index in [0.29, 0.717) is 17.1 Å². The van der Waals surface area contributed by atoms with Crippen molar-refractivity contribution in [1.29, 1.82) is 0 Å². The molecule has 2 rings (SSSR count). The van der Waals surface area contributed by atoms with Gasteiger partial charge in [-0.05, 0) is 35.7 Å². The van der Waals surface area contributed by atoms with E-state index in [-0.39, 0.29) is 6.04 Å². The predicted octanol–water partition coefficient (Wildman–Crippen LogP) is 2.76. The van der Waals surface area contributed by atoms with E-state index < -0.39 is 11.6 Å². The van der Waals surface area contributed by atoms with E-state index in [1.54, 1.807) is 18.3 Å². The molecule has 3 N–H and O–H groups in total. The third kappa shape index (κ3) is 3.47. The molecule has 2 aromatic rings. The van der Waals surface area contributed by atoms with Crippen molar-refractivity contribution in [3.8, 4) is 0 Å². The number of benzene rings is 1. The summed E-state index contributed by atoms with van der Waals surface area (Å²) in [7, 11) is 0. The van der Waals surface area contributed by atoms with Gasteiger partial charge in [0.15, 0.2) is 11.6 Å². The molecule has 0 fully saturated rings. The lowest BCUT2D eigenvalue weighted by atomic mass is 10.0. The van der Waals surface area contributed by atoms with E-state index >= 15 is 0 Å². The lowest BCUT2D eigenvalue weighted by molar-refractivity contribution is 0.502. The lowest BCUT2D eigenvalue weighted by Crippen LogP contribution is -2.29. The lowest BCUT2D eigenvalue weighted by Gasteiger charge is -2.16. The molecule has 1 atom stereocenters. The molecule has 1 unspecified atom stereocenters. The van der Waals surface area contributed by atoms with Crippen molar-refractivity contribution in [2.75, 3.05) is 0 Å². The number of hydrogen-bond donors (Lipinski definition) is 2. The Morgan fingerprint density at radius 1 is 1.21 bits per heavy atom. The van der Waals surface area contributed by atoms with Crippen LogP contribution >= 0.6 is 11.6 Å². The number of hydrogen-bond acceptors (Lipinski definition) is 3. The third-order valence-corrected chi connectivity index (χ3v) is 3.00. The van der Waals surface area contributed by atoms with Crippen molar-refractivity contribution in [3.05, 3.63) is 64.4 Å². The van der Waals surface area contributed by atoms with Crippen LogP contribution in [0.15, 0.2) is 36.5 Å². The highest BCUT2D eigenvalue weighted by molar-refractivity contribution is 6.29. The summed E-state index contributed by atoms with van der Waals surface area (Å²) in [6.07, 6.45) is 2.00. The zero-order valence-electron chi connectivity index (χ0n) is 9.91. The van der Waals surface area contributed by atoms with Gasteiger partial charge in [-0.1, -0.05) is 23.7 Å². The minimum Gasteiger partial charge on any atom is -0.271 e. The molecule has 0 amide bonds. The Balaban J connectivity index is 2.18. The zero-order chi connectivity index (χ0) is 13.8. The largest absolute Gasteiger partial charge is 0.271 e. The molecule has 0 saturated carbocycles. The van der Waals surface area contributed by atoms with Crippen LogP contribution in [0.2, 0.25) is 5.15 Å². The maximum Gasteiger partial charge on any atom is 0.159 e. The second-order valence-electron chi connectivity index (χ2n) is 4.09. The summed E-state index contributed by atoms with van der Waals surface area (Å²) in [5.74, 6) is 3.74. The zero-order valence-corrected chi connectivity index (χ0v) is 10.7. The normalized spacial score (nSPS) is 12.4. The molecule has 1 aromatic carbocycles. The van der Waals surface area contributed by atoms with Crippen LogP contribution in [-0.4, -0.2) is 4.98 Å². The summed E-state index contributed by atoms with van der Waals surface area (Å²) in [5, 5.41) is 0.382. The Morgan fingerprint density at radius 3 is 2.58 bits per heavy atom. The summed E-state index contributed by atoms with van der Waals surface area (Å²) in [6, 6.07) is 6.94. The molecular formula is C13H12ClF2N3. The maximum absolute atomic E-state index is 13.1. The van der Waals surface area contributed by atoms with Crippen molar-refractivity contribution in [3.63, 3.8) is 0 Å². The fourth-order valence-corrected chi connectivity index (χ4v) is 1.88. The van der Waals surface area contributed by atoms with Crippen LogP contribution in [0.25, 0.3) is 0 Å². The molecule has 6 heteroatoms. The SMILES string of the molecule is NNC(Cc1ccc(F)c(F)c1)c1ccc(Cl)nc1. The molecule has 0 saturated heterocycles. The molecule has 1 heterocycles. The van der Waals surface area contributed by atoms with Crippen LogP contribution < -0.4 is 11.3 Å². The van der Waals surface area contributed by atoms with Gasteiger partial charge in [-0.3, -0.25) is 11.3 Å². The highest BCUT2D eigenvalue weighted by Gasteiger charge is 2.12. The predicted molar refractivity (Wildman–Crippen MR) is 69.4 cm³/mol. The van der Waals surface area contributed by atoms with E-state index in [0.717, 1.165) is 17.7 Å². The Labute approximate surface area is 114 Å². The minimum absolute atomic E-state index is 0.255. The van der Waals surface area contributed by atoms with Gasteiger partial charge in [0.05, 0.1) is 6.04 Å². The maximum atomic E-state index is 13.1. The molecule has 0 bridgehead atoms. The van der Waals surface area contributed by atoms with Gasteiger partial charge in [-0.15, -0.1) is 0 Å². The van der Waals surface area contributed by atoms with Gasteiger partial charge in [0, 0.05) is 6.20 Å². The number of pyridine rings is 1. The number of nitrogens with one attached hydrogen (secondary N) is 1. The average molecular weight is 284 g/mol. The van der Waals surface area contributed by atoms with Gasteiger partial charge >= 0.3 is 0 Å². The summed E-state index contributed by atoms with van der Waals surface area (Å²) >= 11 is 5.70. The molecule has 1 aromatic heterocycles. The van der Waals surface area contributed by atoms with E-state index in [9.17, 15) is 8.78 Å². The first-order valence-electron chi connectivity index (χ1n) is 5.61. The number of halogens is 3. The molecule has 0 aliphatic heterocycles. The summed E-state index contributed by atoms with van der Waals surface area (Å²) in [5.41, 5.74) is 4.07. The Bertz CT molecular complexity index is 560. The molecule has 0 aliphatic rings. The van der Waals surface area contributed by atoms with Gasteiger partial charge in [-0.25, -0.2) is 13.8 Å². The minimum atomic E-state index is -0.873. The highest BCUT2D eigenvalue weighted by Crippen LogP contribution is 2.19. The number of hydrazine groups is 1. The Hall–Kier alpha value is -1.56. The van der Waals surface area contributed by atoms with Crippen molar-refractivity contribution in [2.45, 2.75) is 12.5 Å². The number of rotatable bonds is 4. The van der Waals surface area contributed by atoms with Crippen molar-refractivity contribution in [1.82, 2.24) is 10.4 Å². The van der Waals surface area contributed by atoms with E-state index in [1.807, 2.05) is 0 Å². The van der Waals surface area contributed by atoms with Gasteiger partial charge in [0.25, 0.3) is 0 Å². The molecule has 3 nitrogen and oxygen atoms in total. The second-order valence-corrected chi connectivity index (χ2v) is 4.47. The van der Waals surface area contributed by atoms with E-state index in [2.05, 4.69) is 10.4 Å². The fraction of sp³-hybridized carbons (Fsp3) is 0.154. The van der Waals surface area contributed by atoms with Gasteiger partial charge in [0.2, 0.25) is 0 Å². The van der Waals surface area contributed by atoms with E-state index in [1.165, 1.54) is 6.07 Å². The highest BCUT2D eigenvalue weighted by atomic mass is 35.5. The molecular weight excluding hydrogens is 272 g/mol. The van der Waals surface area contributed by atoms with Crippen molar-refractivity contribution in [2.24, 2.45) is 5.84 Å². The summed E-state index contributed by atoms with van der Waals surface area (Å²) in [6.45, 7) is 0. The molecule has 100 valence electrons. The van der Waals surface area contributed by atoms with Crippen LogP contribution in [-0.2, 0) is 6.42 Å². The summed E-state index contributed by atoms with van der Waals surface area (Å²) in [4.78, 5) is 3.96. The van der Waals surface area contributed by atoms with Gasteiger partial charge < -0.3 is 0 Å². The van der Waals surface area contributed by atoms with E-state index in [4.69, 9.17) is 17.4 Å². The third-order valence-electron chi connectivity index (χ3n) is 2.78. The summed E-state index contributed by atoms with van der Waals surface area (Å²) < 4.78 is 26.0. The monoisotopic (exact) mass is 283 g/mol. The van der Waals surface area contributed by atoms with Gasteiger partial charge in [0.1, 0.15) is 5.15 Å². The molecule has 19 heavy (non-hydrogen) atoms. The number of nitrogens with zero attached hydrogens (tertiary/aromatic N) is 1. The average Bonchev–Trinajstić information content (AvgIpc) is 2.41. The van der Waals surface area contributed by atoms with Crippen LogP contribution in [0.5, 0.6) is 0 Å². The molecule has 0 aliphatic carbocycles. The Kier molecular flexibility index (Phi) is 4.42.